The van der Waals surface area contributed by atoms with Gasteiger partial charge in [-0.05, 0) is 18.9 Å². The quantitative estimate of drug-likeness (QED) is 0.365. The van der Waals surface area contributed by atoms with E-state index in [0.29, 0.717) is 12.0 Å². The average Bonchev–Trinajstić information content (AvgIpc) is 2.70. The molecule has 0 heterocycles. The van der Waals surface area contributed by atoms with Crippen LogP contribution in [0.25, 0.3) is 0 Å². The number of carboxylic acid groups (broad SMARTS) is 1. The third kappa shape index (κ3) is 7.36. The Balaban J connectivity index is 2.85. The van der Waals surface area contributed by atoms with Crippen LogP contribution in [-0.2, 0) is 14.4 Å². The molecule has 0 bridgehead atoms. The lowest BCUT2D eigenvalue weighted by Crippen LogP contribution is -2.55. The third-order valence-electron chi connectivity index (χ3n) is 4.42. The standard InChI is InChI=1S/C20H30N4O6/c1-5-9-14(22-20(29)30)16(25)18(27)21-12(2)17(26)23-15(19(28)24(3)4)13-10-7-6-8-11-13/h6-8,10-12,14-16,22,25H,5,9H2,1-4H3,(H,21,27)(H,23,26)(H,29,30)/t12-,14-,15-,16?/m0/s1. The lowest BCUT2D eigenvalue weighted by molar-refractivity contribution is -0.137. The minimum Gasteiger partial charge on any atom is -0.465 e. The highest BCUT2D eigenvalue weighted by Crippen LogP contribution is 2.15. The smallest absolute Gasteiger partial charge is 0.404 e. The van der Waals surface area contributed by atoms with Crippen molar-refractivity contribution in [2.75, 3.05) is 14.1 Å². The minimum atomic E-state index is -1.66. The Hall–Kier alpha value is -3.14. The molecule has 0 saturated heterocycles. The molecule has 1 aromatic carbocycles. The van der Waals surface area contributed by atoms with E-state index in [2.05, 4.69) is 16.0 Å². The maximum atomic E-state index is 12.6. The van der Waals surface area contributed by atoms with Gasteiger partial charge in [-0.25, -0.2) is 4.79 Å². The summed E-state index contributed by atoms with van der Waals surface area (Å²) < 4.78 is 0. The molecular formula is C20H30N4O6. The summed E-state index contributed by atoms with van der Waals surface area (Å²) in [6, 6.07) is 5.64. The molecule has 1 aromatic rings. The molecule has 0 aliphatic heterocycles. The highest BCUT2D eigenvalue weighted by atomic mass is 16.4. The Labute approximate surface area is 175 Å². The van der Waals surface area contributed by atoms with E-state index in [9.17, 15) is 24.3 Å². The molecule has 10 nitrogen and oxygen atoms in total. The average molecular weight is 422 g/mol. The molecule has 30 heavy (non-hydrogen) atoms. The van der Waals surface area contributed by atoms with Gasteiger partial charge in [0.05, 0.1) is 6.04 Å². The van der Waals surface area contributed by atoms with E-state index in [1.807, 2.05) is 0 Å². The Kier molecular flexibility index (Phi) is 9.76. The SMILES string of the molecule is CCC[C@H](NC(=O)O)C(O)C(=O)N[C@@H](C)C(=O)N[C@H](C(=O)N(C)C)c1ccccc1. The Bertz CT molecular complexity index is 740. The molecule has 0 spiro atoms. The minimum absolute atomic E-state index is 0.245. The zero-order chi connectivity index (χ0) is 22.8. The van der Waals surface area contributed by atoms with Crippen molar-refractivity contribution < 1.29 is 29.4 Å². The topological polar surface area (TPSA) is 148 Å². The van der Waals surface area contributed by atoms with Crippen molar-refractivity contribution in [2.24, 2.45) is 0 Å². The maximum Gasteiger partial charge on any atom is 0.404 e. The van der Waals surface area contributed by atoms with Crippen LogP contribution in [0.4, 0.5) is 4.79 Å². The van der Waals surface area contributed by atoms with Crippen LogP contribution in [0.2, 0.25) is 0 Å². The van der Waals surface area contributed by atoms with Crippen LogP contribution in [0.3, 0.4) is 0 Å². The fourth-order valence-electron chi connectivity index (χ4n) is 2.78. The van der Waals surface area contributed by atoms with E-state index in [4.69, 9.17) is 5.11 Å². The van der Waals surface area contributed by atoms with Crippen LogP contribution in [0.5, 0.6) is 0 Å². The number of benzene rings is 1. The second-order valence-electron chi connectivity index (χ2n) is 7.10. The van der Waals surface area contributed by atoms with Gasteiger partial charge in [0.1, 0.15) is 12.1 Å². The van der Waals surface area contributed by atoms with Gasteiger partial charge >= 0.3 is 6.09 Å². The van der Waals surface area contributed by atoms with E-state index in [1.54, 1.807) is 51.4 Å². The van der Waals surface area contributed by atoms with Crippen molar-refractivity contribution in [3.05, 3.63) is 35.9 Å². The highest BCUT2D eigenvalue weighted by Gasteiger charge is 2.31. The van der Waals surface area contributed by atoms with Crippen LogP contribution in [0.1, 0.15) is 38.3 Å². The van der Waals surface area contributed by atoms with Gasteiger partial charge in [-0.3, -0.25) is 14.4 Å². The van der Waals surface area contributed by atoms with Crippen molar-refractivity contribution in [1.29, 1.82) is 0 Å². The number of nitrogens with zero attached hydrogens (tertiary/aromatic N) is 1. The lowest BCUT2D eigenvalue weighted by atomic mass is 10.0. The van der Waals surface area contributed by atoms with E-state index in [-0.39, 0.29) is 12.3 Å². The van der Waals surface area contributed by atoms with E-state index in [1.165, 1.54) is 11.8 Å². The zero-order valence-corrected chi connectivity index (χ0v) is 17.6. The van der Waals surface area contributed by atoms with Gasteiger partial charge in [-0.15, -0.1) is 0 Å². The van der Waals surface area contributed by atoms with E-state index < -0.39 is 42.1 Å². The first kappa shape index (κ1) is 24.9. The maximum absolute atomic E-state index is 12.6. The number of aliphatic hydroxyl groups is 1. The van der Waals surface area contributed by atoms with Crippen LogP contribution < -0.4 is 16.0 Å². The van der Waals surface area contributed by atoms with Gasteiger partial charge in [0.2, 0.25) is 11.8 Å². The van der Waals surface area contributed by atoms with E-state index in [0.717, 1.165) is 0 Å². The molecule has 166 valence electrons. The van der Waals surface area contributed by atoms with Gasteiger partial charge in [0, 0.05) is 14.1 Å². The number of rotatable bonds is 10. The largest absolute Gasteiger partial charge is 0.465 e. The second kappa shape index (κ2) is 11.8. The first-order chi connectivity index (χ1) is 14.1. The molecule has 0 aliphatic rings. The number of amides is 4. The van der Waals surface area contributed by atoms with E-state index >= 15 is 0 Å². The summed E-state index contributed by atoms with van der Waals surface area (Å²) in [6.07, 6.45) is -2.24. The number of hydrogen-bond donors (Lipinski definition) is 5. The molecule has 10 heteroatoms. The van der Waals surface area contributed by atoms with Crippen molar-refractivity contribution in [3.63, 3.8) is 0 Å². The number of hydrogen-bond acceptors (Lipinski definition) is 5. The van der Waals surface area contributed by atoms with Crippen LogP contribution in [0.15, 0.2) is 30.3 Å². The molecule has 0 saturated carbocycles. The number of nitrogens with one attached hydrogen (secondary N) is 3. The van der Waals surface area contributed by atoms with Crippen molar-refractivity contribution >= 4 is 23.8 Å². The molecule has 1 rings (SSSR count). The molecule has 0 fully saturated rings. The van der Waals surface area contributed by atoms with Crippen LogP contribution in [0, 0.1) is 0 Å². The number of carbonyl (C=O) groups is 4. The summed E-state index contributed by atoms with van der Waals surface area (Å²) >= 11 is 0. The molecule has 1 unspecified atom stereocenters. The molecule has 0 radical (unpaired) electrons. The molecule has 4 amide bonds. The summed E-state index contributed by atoms with van der Waals surface area (Å²) in [5.41, 5.74) is 0.580. The van der Waals surface area contributed by atoms with Gasteiger partial charge in [-0.1, -0.05) is 43.7 Å². The van der Waals surface area contributed by atoms with Gasteiger partial charge in [0.15, 0.2) is 6.10 Å². The first-order valence-corrected chi connectivity index (χ1v) is 9.62. The second-order valence-corrected chi connectivity index (χ2v) is 7.10. The van der Waals surface area contributed by atoms with Gasteiger partial charge < -0.3 is 31.1 Å². The number of aliphatic hydroxyl groups excluding tert-OH is 1. The van der Waals surface area contributed by atoms with Gasteiger partial charge in [-0.2, -0.15) is 0 Å². The summed E-state index contributed by atoms with van der Waals surface area (Å²) in [5, 5.41) is 26.1. The van der Waals surface area contributed by atoms with Crippen LogP contribution >= 0.6 is 0 Å². The summed E-state index contributed by atoms with van der Waals surface area (Å²) in [7, 11) is 3.13. The monoisotopic (exact) mass is 422 g/mol. The molecular weight excluding hydrogens is 392 g/mol. The van der Waals surface area contributed by atoms with Crippen molar-refractivity contribution in [1.82, 2.24) is 20.9 Å². The van der Waals surface area contributed by atoms with Crippen LogP contribution in [-0.4, -0.2) is 71.2 Å². The molecule has 0 aromatic heterocycles. The summed E-state index contributed by atoms with van der Waals surface area (Å²) in [4.78, 5) is 49.6. The van der Waals surface area contributed by atoms with Gasteiger partial charge in [0.25, 0.3) is 5.91 Å². The number of carbonyl (C=O) groups excluding carboxylic acids is 3. The van der Waals surface area contributed by atoms with Crippen molar-refractivity contribution in [2.45, 2.75) is 50.9 Å². The predicted molar refractivity (Wildman–Crippen MR) is 109 cm³/mol. The fraction of sp³-hybridized carbons (Fsp3) is 0.500. The number of likely N-dealkylation sites (N-methyl/N-ethyl adjacent to an activating group) is 1. The normalized spacial score (nSPS) is 14.6. The zero-order valence-electron chi connectivity index (χ0n) is 17.6. The molecule has 4 atom stereocenters. The first-order valence-electron chi connectivity index (χ1n) is 9.62. The summed E-state index contributed by atoms with van der Waals surface area (Å²) in [6.45, 7) is 3.18. The van der Waals surface area contributed by atoms with Crippen molar-refractivity contribution in [3.8, 4) is 0 Å². The summed E-state index contributed by atoms with van der Waals surface area (Å²) in [5.74, 6) is -1.86. The third-order valence-corrected chi connectivity index (χ3v) is 4.42. The fourth-order valence-corrected chi connectivity index (χ4v) is 2.78. The predicted octanol–water partition coefficient (Wildman–Crippen LogP) is 0.234. The molecule has 0 aliphatic carbocycles. The molecule has 5 N–H and O–H groups in total. The lowest BCUT2D eigenvalue weighted by Gasteiger charge is -2.26. The highest BCUT2D eigenvalue weighted by molar-refractivity contribution is 5.93. The Morgan fingerprint density at radius 3 is 2.10 bits per heavy atom. The Morgan fingerprint density at radius 1 is 1.00 bits per heavy atom. The Morgan fingerprint density at radius 2 is 1.60 bits per heavy atom.